The molecular weight excluding hydrogens is 572 g/mol. The Morgan fingerprint density at radius 1 is 1.05 bits per heavy atom. The van der Waals surface area contributed by atoms with E-state index in [1.165, 1.54) is 14.0 Å². The Morgan fingerprint density at radius 3 is 2.34 bits per heavy atom. The molecule has 1 aromatic rings. The van der Waals surface area contributed by atoms with E-state index in [0.717, 1.165) is 5.56 Å². The zero-order valence-corrected chi connectivity index (χ0v) is 26.5. The van der Waals surface area contributed by atoms with Crippen LogP contribution in [0.1, 0.15) is 79.4 Å². The summed E-state index contributed by atoms with van der Waals surface area (Å²) in [6, 6.07) is 1.79. The van der Waals surface area contributed by atoms with Gasteiger partial charge in [0.05, 0.1) is 37.9 Å². The Hall–Kier alpha value is -3.21. The summed E-state index contributed by atoms with van der Waals surface area (Å²) in [6.45, 7) is 12.2. The third-order valence-corrected chi connectivity index (χ3v) is 11.8. The van der Waals surface area contributed by atoms with Gasteiger partial charge in [0.15, 0.2) is 0 Å². The molecule has 2 aliphatic heterocycles. The summed E-state index contributed by atoms with van der Waals surface area (Å²) in [5.41, 5.74) is -3.03. The van der Waals surface area contributed by atoms with Crippen LogP contribution in [0.2, 0.25) is 0 Å². The highest BCUT2D eigenvalue weighted by Crippen LogP contribution is 2.77. The number of ether oxygens (including phenoxy) is 5. The molecule has 240 valence electrons. The number of fused-ring (bicyclic) bond motifs is 5. The molecule has 6 rings (SSSR count). The maximum atomic E-state index is 14.9. The van der Waals surface area contributed by atoms with Crippen molar-refractivity contribution in [1.82, 2.24) is 0 Å². The van der Waals surface area contributed by atoms with Crippen molar-refractivity contribution in [2.45, 2.75) is 97.7 Å². The first kappa shape index (κ1) is 30.8. The van der Waals surface area contributed by atoms with E-state index in [0.29, 0.717) is 12.8 Å². The van der Waals surface area contributed by atoms with Crippen LogP contribution in [0.3, 0.4) is 0 Å². The van der Waals surface area contributed by atoms with E-state index < -0.39 is 87.8 Å². The smallest absolute Gasteiger partial charge is 0.347 e. The average Bonchev–Trinajstić information content (AvgIpc) is 3.40. The summed E-state index contributed by atoms with van der Waals surface area (Å²) in [6.07, 6.45) is 0.720. The molecule has 0 radical (unpaired) electrons. The van der Waals surface area contributed by atoms with Gasteiger partial charge >= 0.3 is 23.9 Å². The first-order valence-electron chi connectivity index (χ1n) is 15.5. The van der Waals surface area contributed by atoms with Gasteiger partial charge in [-0.15, -0.1) is 0 Å². The molecule has 2 bridgehead atoms. The van der Waals surface area contributed by atoms with Gasteiger partial charge in [0.2, 0.25) is 6.10 Å². The Morgan fingerprint density at radius 2 is 1.75 bits per heavy atom. The minimum atomic E-state index is -1.45. The molecule has 0 amide bonds. The molecule has 1 aromatic heterocycles. The van der Waals surface area contributed by atoms with Gasteiger partial charge in [-0.3, -0.25) is 19.2 Å². The van der Waals surface area contributed by atoms with E-state index in [4.69, 9.17) is 28.1 Å². The predicted molar refractivity (Wildman–Crippen MR) is 150 cm³/mol. The number of cyclic esters (lactones) is 1. The SMILES string of the molecule is COC(=O)[C@H](OC(C)=O)[C@H]1C(C)(C)[C@@H](OC(=O)C(C)C)[C@H]2C(=O)[C@]1(C)[C@H]1CC[C@]3(C)[C@@H](CC(=O)O[C@H]3c3ccoc3)[C@]13O[C@H]23. The fraction of sp³-hybridized carbons (Fsp3) is 0.727. The largest absolute Gasteiger partial charge is 0.472 e. The molecule has 5 aliphatic rings. The van der Waals surface area contributed by atoms with E-state index in [1.54, 1.807) is 32.4 Å². The maximum Gasteiger partial charge on any atom is 0.347 e. The third kappa shape index (κ3) is 3.93. The van der Waals surface area contributed by atoms with E-state index in [1.807, 2.05) is 20.8 Å². The Labute approximate surface area is 256 Å². The van der Waals surface area contributed by atoms with Crippen LogP contribution in [-0.2, 0) is 47.7 Å². The van der Waals surface area contributed by atoms with Gasteiger partial charge in [0.1, 0.15) is 29.7 Å². The van der Waals surface area contributed by atoms with Crippen molar-refractivity contribution >= 4 is 29.7 Å². The number of carbonyl (C=O) groups is 5. The molecule has 3 heterocycles. The molecule has 0 aromatic carbocycles. The molecule has 5 fully saturated rings. The highest BCUT2D eigenvalue weighted by atomic mass is 16.6. The zero-order valence-electron chi connectivity index (χ0n) is 26.5. The third-order valence-electron chi connectivity index (χ3n) is 11.8. The first-order chi connectivity index (χ1) is 20.6. The van der Waals surface area contributed by atoms with Crippen LogP contribution < -0.4 is 0 Å². The van der Waals surface area contributed by atoms with Gasteiger partial charge in [0, 0.05) is 46.5 Å². The fourth-order valence-corrected chi connectivity index (χ4v) is 10.0. The lowest BCUT2D eigenvalue weighted by Gasteiger charge is -2.65. The number of methoxy groups -OCH3 is 1. The van der Waals surface area contributed by atoms with E-state index in [-0.39, 0.29) is 24.1 Å². The van der Waals surface area contributed by atoms with Gasteiger partial charge < -0.3 is 28.1 Å². The summed E-state index contributed by atoms with van der Waals surface area (Å²) >= 11 is 0. The quantitative estimate of drug-likeness (QED) is 0.260. The number of rotatable bonds is 6. The number of hydrogen-bond acceptors (Lipinski definition) is 11. The van der Waals surface area contributed by atoms with Crippen molar-refractivity contribution < 1.29 is 52.1 Å². The number of Topliss-reactive ketones (excluding diaryl/α,β-unsaturated/α-hetero) is 1. The van der Waals surface area contributed by atoms with Gasteiger partial charge in [-0.1, -0.05) is 41.5 Å². The topological polar surface area (TPSA) is 148 Å². The molecule has 2 saturated heterocycles. The highest BCUT2D eigenvalue weighted by molar-refractivity contribution is 5.94. The first-order valence-corrected chi connectivity index (χ1v) is 15.5. The van der Waals surface area contributed by atoms with Crippen molar-refractivity contribution in [1.29, 1.82) is 0 Å². The lowest BCUT2D eigenvalue weighted by atomic mass is 9.37. The summed E-state index contributed by atoms with van der Waals surface area (Å²) in [7, 11) is 1.20. The number of epoxide rings is 1. The molecule has 11 heteroatoms. The molecule has 3 saturated carbocycles. The summed E-state index contributed by atoms with van der Waals surface area (Å²) in [5.74, 6) is -5.60. The Kier molecular flexibility index (Phi) is 6.93. The number of ketones is 1. The summed E-state index contributed by atoms with van der Waals surface area (Å²) in [5, 5.41) is 0. The van der Waals surface area contributed by atoms with E-state index >= 15 is 0 Å². The number of hydrogen-bond donors (Lipinski definition) is 0. The van der Waals surface area contributed by atoms with E-state index in [9.17, 15) is 24.0 Å². The van der Waals surface area contributed by atoms with Crippen molar-refractivity contribution in [3.8, 4) is 0 Å². The fourth-order valence-electron chi connectivity index (χ4n) is 10.0. The number of furan rings is 1. The Bertz CT molecular complexity index is 1400. The summed E-state index contributed by atoms with van der Waals surface area (Å²) in [4.78, 5) is 67.1. The second-order valence-corrected chi connectivity index (χ2v) is 14.7. The molecule has 11 atom stereocenters. The molecule has 44 heavy (non-hydrogen) atoms. The van der Waals surface area contributed by atoms with Crippen LogP contribution >= 0.6 is 0 Å². The molecule has 11 nitrogen and oxygen atoms in total. The van der Waals surface area contributed by atoms with Crippen LogP contribution in [0, 0.1) is 45.8 Å². The van der Waals surface area contributed by atoms with Crippen molar-refractivity contribution in [3.05, 3.63) is 24.2 Å². The molecule has 0 N–H and O–H groups in total. The monoisotopic (exact) mass is 614 g/mol. The van der Waals surface area contributed by atoms with Crippen LogP contribution in [0.25, 0.3) is 0 Å². The van der Waals surface area contributed by atoms with Gasteiger partial charge in [-0.25, -0.2) is 4.79 Å². The van der Waals surface area contributed by atoms with Gasteiger partial charge in [-0.05, 0) is 18.9 Å². The van der Waals surface area contributed by atoms with Crippen molar-refractivity contribution in [2.75, 3.05) is 7.11 Å². The molecule has 0 unspecified atom stereocenters. The number of esters is 4. The van der Waals surface area contributed by atoms with Gasteiger partial charge in [0.25, 0.3) is 0 Å². The average molecular weight is 615 g/mol. The van der Waals surface area contributed by atoms with Crippen LogP contribution in [0.5, 0.6) is 0 Å². The van der Waals surface area contributed by atoms with Crippen LogP contribution in [-0.4, -0.2) is 60.7 Å². The van der Waals surface area contributed by atoms with Crippen LogP contribution in [0.15, 0.2) is 23.0 Å². The summed E-state index contributed by atoms with van der Waals surface area (Å²) < 4.78 is 35.1. The van der Waals surface area contributed by atoms with E-state index in [2.05, 4.69) is 6.92 Å². The molecule has 3 aliphatic carbocycles. The standard InChI is InChI=1S/C33H42O11/c1-15(2)28(37)43-26-21-24(36)32(7,23(30(26,4)5)22(29(38)39-8)41-16(3)34)18-9-11-31(6)19(33(18)27(21)44-33)13-20(35)42-25(31)17-10-12-40-14-17/h10,12,14-15,18-19,21-23,25-27H,9,11,13H2,1-8H3/t18-,19-,21-,22-,23+,25+,26+,27-,31-,32-,33-/m1/s1. The van der Waals surface area contributed by atoms with Crippen molar-refractivity contribution in [2.24, 2.45) is 45.8 Å². The molecule has 1 spiro atoms. The normalized spacial score (nSPS) is 42.2. The van der Waals surface area contributed by atoms with Crippen molar-refractivity contribution in [3.63, 3.8) is 0 Å². The minimum Gasteiger partial charge on any atom is -0.472 e. The van der Waals surface area contributed by atoms with Gasteiger partial charge in [-0.2, -0.15) is 0 Å². The molecular formula is C33H42O11. The maximum absolute atomic E-state index is 14.9. The lowest BCUT2D eigenvalue weighted by molar-refractivity contribution is -0.235. The Balaban J connectivity index is 1.54. The minimum absolute atomic E-state index is 0.0870. The predicted octanol–water partition coefficient (Wildman–Crippen LogP) is 3.97. The number of carbonyl (C=O) groups excluding carboxylic acids is 5. The van der Waals surface area contributed by atoms with Crippen LogP contribution in [0.4, 0.5) is 0 Å². The highest BCUT2D eigenvalue weighted by Gasteiger charge is 2.87. The zero-order chi connectivity index (χ0) is 32.1. The second kappa shape index (κ2) is 9.89. The lowest BCUT2D eigenvalue weighted by Crippen LogP contribution is -2.74. The second-order valence-electron chi connectivity index (χ2n) is 14.7.